The van der Waals surface area contributed by atoms with Gasteiger partial charge in [-0.2, -0.15) is 4.31 Å². The summed E-state index contributed by atoms with van der Waals surface area (Å²) in [5, 5.41) is 19.6. The van der Waals surface area contributed by atoms with Gasteiger partial charge in [-0.05, 0) is 59.0 Å². The summed E-state index contributed by atoms with van der Waals surface area (Å²) in [7, 11) is -1.85. The van der Waals surface area contributed by atoms with Gasteiger partial charge in [0.1, 0.15) is 22.4 Å². The second-order valence-electron chi connectivity index (χ2n) is 8.97. The third-order valence-electron chi connectivity index (χ3n) is 5.28. The van der Waals surface area contributed by atoms with Crippen LogP contribution in [0.4, 0.5) is 0 Å². The fourth-order valence-corrected chi connectivity index (χ4v) is 5.35. The normalized spacial score (nSPS) is 22.5. The molecule has 31 heavy (non-hydrogen) atoms. The largest absolute Gasteiger partial charge is 0.487 e. The van der Waals surface area contributed by atoms with E-state index in [-0.39, 0.29) is 35.8 Å². The van der Waals surface area contributed by atoms with Crippen molar-refractivity contribution in [3.05, 3.63) is 23.8 Å². The summed E-state index contributed by atoms with van der Waals surface area (Å²) >= 11 is 0. The van der Waals surface area contributed by atoms with Crippen molar-refractivity contribution in [3.8, 4) is 17.6 Å². The quantitative estimate of drug-likeness (QED) is 0.641. The Kier molecular flexibility index (Phi) is 8.54. The molecule has 1 aromatic carbocycles. The van der Waals surface area contributed by atoms with Gasteiger partial charge in [0.2, 0.25) is 10.0 Å². The van der Waals surface area contributed by atoms with E-state index >= 15 is 0 Å². The van der Waals surface area contributed by atoms with Gasteiger partial charge in [0.25, 0.3) is 0 Å². The standard InChI is InChI=1S/C23H36N2O5S/c1-7-12-24(6)15-21-17(2)14-25(18(3)16-26)31(28,29)22-9-8-19(13-20(22)30-21)10-11-23(4,5)27/h8-9,13,17-18,21,26-27H,7,12,14-16H2,1-6H3/t17-,18+,21-/m0/s1. The predicted molar refractivity (Wildman–Crippen MR) is 121 cm³/mol. The highest BCUT2D eigenvalue weighted by atomic mass is 32.2. The lowest BCUT2D eigenvalue weighted by Gasteiger charge is -2.37. The number of sulfonamides is 1. The second kappa shape index (κ2) is 10.3. The van der Waals surface area contributed by atoms with Crippen LogP contribution < -0.4 is 4.74 Å². The topological polar surface area (TPSA) is 90.3 Å². The van der Waals surface area contributed by atoms with Gasteiger partial charge in [-0.3, -0.25) is 0 Å². The highest BCUT2D eigenvalue weighted by Crippen LogP contribution is 2.34. The third kappa shape index (κ3) is 6.67. The highest BCUT2D eigenvalue weighted by Gasteiger charge is 2.38. The van der Waals surface area contributed by atoms with Crippen molar-refractivity contribution in [2.24, 2.45) is 5.92 Å². The van der Waals surface area contributed by atoms with E-state index in [0.29, 0.717) is 12.1 Å². The molecule has 8 heteroatoms. The Balaban J connectivity index is 2.58. The minimum absolute atomic E-state index is 0.0663. The molecule has 7 nitrogen and oxygen atoms in total. The van der Waals surface area contributed by atoms with Gasteiger partial charge in [0, 0.05) is 30.6 Å². The van der Waals surface area contributed by atoms with Crippen molar-refractivity contribution < 1.29 is 23.4 Å². The molecule has 1 heterocycles. The maximum absolute atomic E-state index is 13.4. The summed E-state index contributed by atoms with van der Waals surface area (Å²) in [6.07, 6.45) is 0.768. The summed E-state index contributed by atoms with van der Waals surface area (Å²) in [4.78, 5) is 2.24. The van der Waals surface area contributed by atoms with Gasteiger partial charge in [-0.25, -0.2) is 8.42 Å². The zero-order valence-electron chi connectivity index (χ0n) is 19.4. The average Bonchev–Trinajstić information content (AvgIpc) is 2.68. The summed E-state index contributed by atoms with van der Waals surface area (Å²) in [5.41, 5.74) is -0.600. The van der Waals surface area contributed by atoms with Gasteiger partial charge in [0.15, 0.2) is 0 Å². The molecule has 0 saturated heterocycles. The molecule has 3 atom stereocenters. The Morgan fingerprint density at radius 2 is 2.06 bits per heavy atom. The molecule has 0 aromatic heterocycles. The zero-order valence-corrected chi connectivity index (χ0v) is 20.2. The molecule has 1 aliphatic rings. The van der Waals surface area contributed by atoms with E-state index in [1.165, 1.54) is 10.4 Å². The Hall–Kier alpha value is -1.63. The number of likely N-dealkylation sites (N-methyl/N-ethyl adjacent to an activating group) is 1. The fourth-order valence-electron chi connectivity index (χ4n) is 3.53. The summed E-state index contributed by atoms with van der Waals surface area (Å²) < 4.78 is 34.5. The second-order valence-corrected chi connectivity index (χ2v) is 10.8. The SMILES string of the molecule is CCCN(C)C[C@@H]1Oc2cc(C#CC(C)(C)O)ccc2S(=O)(=O)N([C@H](C)CO)C[C@@H]1C. The Morgan fingerprint density at radius 1 is 1.39 bits per heavy atom. The Morgan fingerprint density at radius 3 is 2.65 bits per heavy atom. The van der Waals surface area contributed by atoms with Crippen LogP contribution in [-0.2, 0) is 10.0 Å². The molecule has 0 amide bonds. The number of benzene rings is 1. The van der Waals surface area contributed by atoms with Crippen LogP contribution in [0.5, 0.6) is 5.75 Å². The van der Waals surface area contributed by atoms with Crippen LogP contribution in [0.3, 0.4) is 0 Å². The smallest absolute Gasteiger partial charge is 0.247 e. The molecule has 0 bridgehead atoms. The first-order chi connectivity index (χ1) is 14.4. The van der Waals surface area contributed by atoms with Crippen LogP contribution in [0, 0.1) is 17.8 Å². The Bertz CT molecular complexity index is 914. The van der Waals surface area contributed by atoms with E-state index in [1.54, 1.807) is 32.9 Å². The molecule has 0 fully saturated rings. The van der Waals surface area contributed by atoms with Gasteiger partial charge in [-0.1, -0.05) is 25.7 Å². The number of hydrogen-bond donors (Lipinski definition) is 2. The van der Waals surface area contributed by atoms with E-state index in [0.717, 1.165) is 13.0 Å². The lowest BCUT2D eigenvalue weighted by Crippen LogP contribution is -2.49. The van der Waals surface area contributed by atoms with Crippen LogP contribution >= 0.6 is 0 Å². The molecular formula is C23H36N2O5S. The molecule has 174 valence electrons. The number of rotatable bonds is 6. The number of fused-ring (bicyclic) bond motifs is 1. The first-order valence-corrected chi connectivity index (χ1v) is 12.2. The molecule has 1 aromatic rings. The minimum atomic E-state index is -3.87. The monoisotopic (exact) mass is 452 g/mol. The van der Waals surface area contributed by atoms with Crippen LogP contribution in [0.2, 0.25) is 0 Å². The molecule has 0 unspecified atom stereocenters. The lowest BCUT2D eigenvalue weighted by atomic mass is 10.0. The fraction of sp³-hybridized carbons (Fsp3) is 0.652. The molecule has 2 rings (SSSR count). The van der Waals surface area contributed by atoms with Crippen LogP contribution in [-0.4, -0.2) is 78.9 Å². The summed E-state index contributed by atoms with van der Waals surface area (Å²) in [5.74, 6) is 5.79. The number of hydrogen-bond acceptors (Lipinski definition) is 6. The van der Waals surface area contributed by atoms with E-state index in [2.05, 4.69) is 23.7 Å². The molecule has 0 aliphatic carbocycles. The van der Waals surface area contributed by atoms with E-state index in [4.69, 9.17) is 4.74 Å². The van der Waals surface area contributed by atoms with Crippen molar-refractivity contribution in [1.82, 2.24) is 9.21 Å². The number of nitrogens with zero attached hydrogens (tertiary/aromatic N) is 2. The Labute approximate surface area is 187 Å². The first-order valence-electron chi connectivity index (χ1n) is 10.8. The van der Waals surface area contributed by atoms with Gasteiger partial charge in [-0.15, -0.1) is 0 Å². The van der Waals surface area contributed by atoms with Crippen LogP contribution in [0.25, 0.3) is 0 Å². The summed E-state index contributed by atoms with van der Waals surface area (Å²) in [6.45, 7) is 10.5. The predicted octanol–water partition coefficient (Wildman–Crippen LogP) is 1.92. The maximum atomic E-state index is 13.4. The number of aliphatic hydroxyl groups excluding tert-OH is 1. The lowest BCUT2D eigenvalue weighted by molar-refractivity contribution is 0.0752. The van der Waals surface area contributed by atoms with Crippen molar-refractivity contribution >= 4 is 10.0 Å². The molecule has 0 spiro atoms. The zero-order chi connectivity index (χ0) is 23.4. The van der Waals surface area contributed by atoms with Crippen LogP contribution in [0.1, 0.15) is 46.6 Å². The molecule has 2 N–H and O–H groups in total. The van der Waals surface area contributed by atoms with Crippen molar-refractivity contribution in [2.45, 2.75) is 63.7 Å². The van der Waals surface area contributed by atoms with E-state index < -0.39 is 21.7 Å². The molecule has 1 aliphatic heterocycles. The third-order valence-corrected chi connectivity index (χ3v) is 7.30. The van der Waals surface area contributed by atoms with Gasteiger partial charge >= 0.3 is 0 Å². The number of aliphatic hydroxyl groups is 2. The maximum Gasteiger partial charge on any atom is 0.247 e. The average molecular weight is 453 g/mol. The van der Waals surface area contributed by atoms with Gasteiger partial charge in [0.05, 0.1) is 6.61 Å². The number of ether oxygens (including phenoxy) is 1. The highest BCUT2D eigenvalue weighted by molar-refractivity contribution is 7.89. The van der Waals surface area contributed by atoms with E-state index in [9.17, 15) is 18.6 Å². The van der Waals surface area contributed by atoms with Crippen molar-refractivity contribution in [3.63, 3.8) is 0 Å². The molecule has 0 radical (unpaired) electrons. The molecular weight excluding hydrogens is 416 g/mol. The minimum Gasteiger partial charge on any atom is -0.487 e. The van der Waals surface area contributed by atoms with Crippen LogP contribution in [0.15, 0.2) is 23.1 Å². The van der Waals surface area contributed by atoms with Gasteiger partial charge < -0.3 is 19.8 Å². The molecule has 0 saturated carbocycles. The van der Waals surface area contributed by atoms with Crippen molar-refractivity contribution in [2.75, 3.05) is 33.3 Å². The summed E-state index contributed by atoms with van der Waals surface area (Å²) in [6, 6.07) is 4.18. The van der Waals surface area contributed by atoms with Crippen molar-refractivity contribution in [1.29, 1.82) is 0 Å². The first kappa shape index (κ1) is 25.6. The van der Waals surface area contributed by atoms with E-state index in [1.807, 2.05) is 14.0 Å².